The number of carboxylic acid groups (broad SMARTS) is 1. The van der Waals surface area contributed by atoms with Gasteiger partial charge in [0.25, 0.3) is 0 Å². The second-order valence-corrected chi connectivity index (χ2v) is 5.81. The number of aromatic carboxylic acids is 1. The van der Waals surface area contributed by atoms with Crippen molar-refractivity contribution in [2.45, 2.75) is 45.6 Å². The van der Waals surface area contributed by atoms with E-state index in [0.29, 0.717) is 24.0 Å². The summed E-state index contributed by atoms with van der Waals surface area (Å²) in [5.74, 6) is -0.393. The van der Waals surface area contributed by atoms with Crippen LogP contribution in [0.1, 0.15) is 48.3 Å². The van der Waals surface area contributed by atoms with Crippen LogP contribution in [0.25, 0.3) is 0 Å². The van der Waals surface area contributed by atoms with Gasteiger partial charge in [0.05, 0.1) is 0 Å². The predicted octanol–water partition coefficient (Wildman–Crippen LogP) is 2.41. The molecule has 5 nitrogen and oxygen atoms in total. The normalized spacial score (nSPS) is 15.0. The van der Waals surface area contributed by atoms with Crippen molar-refractivity contribution >= 4 is 11.8 Å². The Morgan fingerprint density at radius 1 is 1.52 bits per heavy atom. The van der Waals surface area contributed by atoms with E-state index in [1.165, 1.54) is 0 Å². The first kappa shape index (κ1) is 15.8. The molecule has 0 saturated carbocycles. The highest BCUT2D eigenvalue weighted by Crippen LogP contribution is 2.25. The van der Waals surface area contributed by atoms with E-state index in [0.717, 1.165) is 43.5 Å². The lowest BCUT2D eigenvalue weighted by Gasteiger charge is -2.23. The minimum Gasteiger partial charge on any atom is -0.478 e. The highest BCUT2D eigenvalue weighted by molar-refractivity contribution is 5.93. The number of nitrogens with one attached hydrogen (secondary N) is 1. The van der Waals surface area contributed by atoms with Crippen molar-refractivity contribution in [2.75, 3.05) is 25.5 Å². The number of nitrogens with zero attached hydrogens (tertiary/aromatic N) is 2. The minimum absolute atomic E-state index is 0.293. The molecule has 0 bridgehead atoms. The number of aryl methyl sites for hydroxylation is 2. The number of carboxylic acids is 1. The molecule has 0 aromatic carbocycles. The molecule has 2 rings (SSSR count). The minimum atomic E-state index is -0.907. The van der Waals surface area contributed by atoms with Crippen molar-refractivity contribution in [3.8, 4) is 0 Å². The van der Waals surface area contributed by atoms with Gasteiger partial charge in [-0.1, -0.05) is 6.92 Å². The lowest BCUT2D eigenvalue weighted by molar-refractivity contribution is 0.0697. The summed E-state index contributed by atoms with van der Waals surface area (Å²) < 4.78 is 0. The summed E-state index contributed by atoms with van der Waals surface area (Å²) in [5, 5.41) is 12.5. The van der Waals surface area contributed by atoms with Crippen LogP contribution in [0.15, 0.2) is 6.07 Å². The zero-order chi connectivity index (χ0) is 15.4. The number of hydrogen-bond donors (Lipinski definition) is 2. The molecule has 0 saturated heterocycles. The maximum Gasteiger partial charge on any atom is 0.339 e. The fraction of sp³-hybridized carbons (Fsp3) is 0.625. The fourth-order valence-electron chi connectivity index (χ4n) is 2.65. The van der Waals surface area contributed by atoms with E-state index in [2.05, 4.69) is 36.1 Å². The Hall–Kier alpha value is -1.62. The second kappa shape index (κ2) is 6.89. The zero-order valence-electron chi connectivity index (χ0n) is 13.1. The quantitative estimate of drug-likeness (QED) is 0.807. The van der Waals surface area contributed by atoms with Crippen LogP contribution in [0.4, 0.5) is 5.82 Å². The number of fused-ring (bicyclic) bond motifs is 1. The van der Waals surface area contributed by atoms with Gasteiger partial charge < -0.3 is 15.3 Å². The van der Waals surface area contributed by atoms with Crippen LogP contribution < -0.4 is 5.32 Å². The van der Waals surface area contributed by atoms with Crippen molar-refractivity contribution < 1.29 is 9.90 Å². The molecule has 5 heteroatoms. The van der Waals surface area contributed by atoms with Gasteiger partial charge in [-0.25, -0.2) is 9.78 Å². The highest BCUT2D eigenvalue weighted by atomic mass is 16.4. The summed E-state index contributed by atoms with van der Waals surface area (Å²) in [6, 6.07) is 2.32. The molecular weight excluding hydrogens is 266 g/mol. The second-order valence-electron chi connectivity index (χ2n) is 5.81. The molecule has 1 aromatic heterocycles. The smallest absolute Gasteiger partial charge is 0.339 e. The number of carbonyl (C=O) groups is 1. The average Bonchev–Trinajstić information content (AvgIpc) is 2.92. The molecule has 0 amide bonds. The average molecular weight is 291 g/mol. The predicted molar refractivity (Wildman–Crippen MR) is 84.1 cm³/mol. The summed E-state index contributed by atoms with van der Waals surface area (Å²) in [5.41, 5.74) is 2.44. The molecule has 1 aliphatic carbocycles. The van der Waals surface area contributed by atoms with Crippen LogP contribution in [0.5, 0.6) is 0 Å². The fourth-order valence-corrected chi connectivity index (χ4v) is 2.65. The first-order valence-corrected chi connectivity index (χ1v) is 7.73. The van der Waals surface area contributed by atoms with Gasteiger partial charge in [-0.15, -0.1) is 0 Å². The molecule has 0 radical (unpaired) electrons. The van der Waals surface area contributed by atoms with Gasteiger partial charge in [0.15, 0.2) is 0 Å². The third-order valence-electron chi connectivity index (χ3n) is 4.38. The molecular formula is C16H25N3O2. The molecule has 116 valence electrons. The van der Waals surface area contributed by atoms with E-state index in [9.17, 15) is 9.90 Å². The lowest BCUT2D eigenvalue weighted by Crippen LogP contribution is -2.33. The van der Waals surface area contributed by atoms with Gasteiger partial charge in [0.2, 0.25) is 0 Å². The van der Waals surface area contributed by atoms with E-state index in [4.69, 9.17) is 0 Å². The third kappa shape index (κ3) is 3.73. The molecule has 1 atom stereocenters. The Morgan fingerprint density at radius 2 is 2.29 bits per heavy atom. The van der Waals surface area contributed by atoms with Gasteiger partial charge in [0.1, 0.15) is 11.4 Å². The Morgan fingerprint density at radius 3 is 2.95 bits per heavy atom. The Bertz CT molecular complexity index is 516. The number of hydrogen-bond acceptors (Lipinski definition) is 4. The zero-order valence-corrected chi connectivity index (χ0v) is 13.1. The molecule has 1 heterocycles. The molecule has 1 unspecified atom stereocenters. The maximum absolute atomic E-state index is 11.4. The lowest BCUT2D eigenvalue weighted by atomic mass is 10.1. The van der Waals surface area contributed by atoms with E-state index >= 15 is 0 Å². The number of anilines is 1. The largest absolute Gasteiger partial charge is 0.478 e. The van der Waals surface area contributed by atoms with Gasteiger partial charge in [-0.3, -0.25) is 0 Å². The van der Waals surface area contributed by atoms with Crippen molar-refractivity contribution in [3.05, 3.63) is 22.9 Å². The van der Waals surface area contributed by atoms with Crippen LogP contribution in [0.3, 0.4) is 0 Å². The molecule has 0 aliphatic heterocycles. The molecule has 2 N–H and O–H groups in total. The summed E-state index contributed by atoms with van der Waals surface area (Å²) in [6.45, 7) is 5.93. The van der Waals surface area contributed by atoms with Gasteiger partial charge in [0, 0.05) is 24.8 Å². The van der Waals surface area contributed by atoms with Crippen LogP contribution in [0, 0.1) is 0 Å². The summed E-state index contributed by atoms with van der Waals surface area (Å²) >= 11 is 0. The highest BCUT2D eigenvalue weighted by Gasteiger charge is 2.19. The number of rotatable bonds is 7. The van der Waals surface area contributed by atoms with Gasteiger partial charge in [-0.05, 0) is 51.3 Å². The van der Waals surface area contributed by atoms with Crippen molar-refractivity contribution in [1.82, 2.24) is 9.88 Å². The van der Waals surface area contributed by atoms with Crippen LogP contribution >= 0.6 is 0 Å². The maximum atomic E-state index is 11.4. The molecule has 0 spiro atoms. The number of aromatic nitrogens is 1. The Balaban J connectivity index is 2.04. The number of likely N-dealkylation sites (N-methyl/N-ethyl adjacent to an activating group) is 1. The van der Waals surface area contributed by atoms with Crippen molar-refractivity contribution in [2.24, 2.45) is 0 Å². The van der Waals surface area contributed by atoms with Crippen LogP contribution in [0.2, 0.25) is 0 Å². The van der Waals surface area contributed by atoms with Crippen LogP contribution in [-0.2, 0) is 12.8 Å². The van der Waals surface area contributed by atoms with Gasteiger partial charge in [-0.2, -0.15) is 0 Å². The van der Waals surface area contributed by atoms with E-state index in [1.54, 1.807) is 6.07 Å². The molecule has 1 aromatic rings. The molecule has 0 fully saturated rings. The van der Waals surface area contributed by atoms with Crippen LogP contribution in [-0.4, -0.2) is 47.1 Å². The molecule has 21 heavy (non-hydrogen) atoms. The first-order chi connectivity index (χ1) is 10.0. The summed E-state index contributed by atoms with van der Waals surface area (Å²) in [7, 11) is 2.09. The third-order valence-corrected chi connectivity index (χ3v) is 4.38. The van der Waals surface area contributed by atoms with Crippen molar-refractivity contribution in [3.63, 3.8) is 0 Å². The monoisotopic (exact) mass is 291 g/mol. The first-order valence-electron chi connectivity index (χ1n) is 7.73. The summed E-state index contributed by atoms with van der Waals surface area (Å²) in [6.07, 6.45) is 4.08. The number of pyridine rings is 1. The standard InChI is InChI=1S/C16H25N3O2/c1-4-11(2)19(3)9-8-17-15-13(16(20)21)10-12-6-5-7-14(12)18-15/h10-11H,4-9H2,1-3H3,(H,17,18)(H,20,21). The summed E-state index contributed by atoms with van der Waals surface area (Å²) in [4.78, 5) is 18.2. The van der Waals surface area contributed by atoms with E-state index < -0.39 is 5.97 Å². The topological polar surface area (TPSA) is 65.5 Å². The van der Waals surface area contributed by atoms with Crippen molar-refractivity contribution in [1.29, 1.82) is 0 Å². The Kier molecular flexibility index (Phi) is 5.17. The van der Waals surface area contributed by atoms with Gasteiger partial charge >= 0.3 is 5.97 Å². The van der Waals surface area contributed by atoms with E-state index in [1.807, 2.05) is 0 Å². The Labute approximate surface area is 126 Å². The SMILES string of the molecule is CCC(C)N(C)CCNc1nc2c(cc1C(=O)O)CCC2. The van der Waals surface area contributed by atoms with E-state index in [-0.39, 0.29) is 0 Å². The molecule has 1 aliphatic rings.